The standard InChI is InChI=1S/C17H18FN3O3.C8H9NO2/c18-13-7-11-14(8-15(13)20-5-3-19-4-6-20)21(10-1-2-10)9-12(16(11)22)17(23)24;1-6(10)9-7-2-4-8(11)5-3-7/h7-10,19H,1-6H2,(H,23,24);2-5,11H,1H3,(H,9,10). The van der Waals surface area contributed by atoms with Gasteiger partial charge in [-0.2, -0.15) is 0 Å². The van der Waals surface area contributed by atoms with E-state index in [9.17, 15) is 23.9 Å². The Kier molecular flexibility index (Phi) is 7.02. The average Bonchev–Trinajstić information content (AvgIpc) is 3.67. The van der Waals surface area contributed by atoms with Crippen molar-refractivity contribution >= 4 is 34.2 Å². The van der Waals surface area contributed by atoms with Crippen LogP contribution in [0.2, 0.25) is 0 Å². The number of fused-ring (bicyclic) bond motifs is 1. The van der Waals surface area contributed by atoms with E-state index in [2.05, 4.69) is 10.6 Å². The minimum atomic E-state index is -1.28. The molecule has 1 saturated heterocycles. The molecule has 35 heavy (non-hydrogen) atoms. The van der Waals surface area contributed by atoms with E-state index in [1.54, 1.807) is 18.2 Å². The highest BCUT2D eigenvalue weighted by atomic mass is 19.1. The molecule has 2 heterocycles. The molecule has 2 fully saturated rings. The molecule has 3 aromatic rings. The van der Waals surface area contributed by atoms with Crippen LogP contribution in [0.15, 0.2) is 47.4 Å². The average molecular weight is 483 g/mol. The number of carboxylic acids is 1. The third-order valence-corrected chi connectivity index (χ3v) is 5.92. The summed E-state index contributed by atoms with van der Waals surface area (Å²) in [7, 11) is 0. The van der Waals surface area contributed by atoms with Crippen molar-refractivity contribution in [1.29, 1.82) is 0 Å². The van der Waals surface area contributed by atoms with Crippen molar-refractivity contribution in [3.8, 4) is 5.75 Å². The summed E-state index contributed by atoms with van der Waals surface area (Å²) >= 11 is 0. The summed E-state index contributed by atoms with van der Waals surface area (Å²) in [4.78, 5) is 36.2. The SMILES string of the molecule is CC(=O)Nc1ccc(O)cc1.O=C(O)c1cn(C2CC2)c2cc(N3CCNCC3)c(F)cc2c1=O. The van der Waals surface area contributed by atoms with Gasteiger partial charge in [0.2, 0.25) is 11.3 Å². The Morgan fingerprint density at radius 1 is 1.11 bits per heavy atom. The molecule has 1 saturated carbocycles. The molecule has 5 rings (SSSR count). The van der Waals surface area contributed by atoms with E-state index in [0.717, 1.165) is 25.9 Å². The summed E-state index contributed by atoms with van der Waals surface area (Å²) in [6.45, 7) is 4.40. The Morgan fingerprint density at radius 2 is 1.77 bits per heavy atom. The van der Waals surface area contributed by atoms with Gasteiger partial charge in [-0.15, -0.1) is 0 Å². The molecule has 0 unspecified atom stereocenters. The Hall–Kier alpha value is -3.92. The molecule has 10 heteroatoms. The van der Waals surface area contributed by atoms with Crippen LogP contribution in [0.1, 0.15) is 36.2 Å². The first-order valence-corrected chi connectivity index (χ1v) is 11.4. The second-order valence-electron chi connectivity index (χ2n) is 8.60. The van der Waals surface area contributed by atoms with Crippen molar-refractivity contribution < 1.29 is 24.2 Å². The number of benzene rings is 2. The van der Waals surface area contributed by atoms with Gasteiger partial charge in [0.1, 0.15) is 17.1 Å². The molecule has 184 valence electrons. The summed E-state index contributed by atoms with van der Waals surface area (Å²) in [5.74, 6) is -1.68. The van der Waals surface area contributed by atoms with E-state index < -0.39 is 17.2 Å². The molecule has 0 bridgehead atoms. The fourth-order valence-corrected chi connectivity index (χ4v) is 4.06. The van der Waals surface area contributed by atoms with Crippen molar-refractivity contribution in [2.24, 2.45) is 0 Å². The van der Waals surface area contributed by atoms with E-state index in [0.29, 0.717) is 30.0 Å². The highest BCUT2D eigenvalue weighted by Crippen LogP contribution is 2.38. The van der Waals surface area contributed by atoms with Gasteiger partial charge >= 0.3 is 5.97 Å². The van der Waals surface area contributed by atoms with E-state index in [-0.39, 0.29) is 28.6 Å². The fraction of sp³-hybridized carbons (Fsp3) is 0.320. The van der Waals surface area contributed by atoms with Crippen LogP contribution in [-0.2, 0) is 4.79 Å². The first-order valence-electron chi connectivity index (χ1n) is 11.4. The number of rotatable bonds is 4. The first kappa shape index (κ1) is 24.2. The lowest BCUT2D eigenvalue weighted by Crippen LogP contribution is -2.43. The van der Waals surface area contributed by atoms with Gasteiger partial charge in [-0.25, -0.2) is 9.18 Å². The van der Waals surface area contributed by atoms with Crippen molar-refractivity contribution in [2.75, 3.05) is 36.4 Å². The van der Waals surface area contributed by atoms with Gasteiger partial charge in [-0.3, -0.25) is 9.59 Å². The molecule has 1 aliphatic heterocycles. The van der Waals surface area contributed by atoms with Crippen LogP contribution in [-0.4, -0.2) is 52.8 Å². The number of carbonyl (C=O) groups is 2. The number of aromatic hydroxyl groups is 1. The number of anilines is 2. The summed E-state index contributed by atoms with van der Waals surface area (Å²) in [6, 6.07) is 9.39. The van der Waals surface area contributed by atoms with Crippen LogP contribution < -0.4 is 21.0 Å². The zero-order valence-electron chi connectivity index (χ0n) is 19.3. The second kappa shape index (κ2) is 10.1. The quantitative estimate of drug-likeness (QED) is 0.422. The Bertz CT molecular complexity index is 1310. The van der Waals surface area contributed by atoms with Gasteiger partial charge in [0, 0.05) is 56.4 Å². The van der Waals surface area contributed by atoms with Crippen molar-refractivity contribution in [3.63, 3.8) is 0 Å². The molecule has 1 aliphatic carbocycles. The molecule has 0 radical (unpaired) electrons. The van der Waals surface area contributed by atoms with Crippen molar-refractivity contribution in [3.05, 3.63) is 64.2 Å². The predicted octanol–water partition coefficient (Wildman–Crippen LogP) is 2.93. The van der Waals surface area contributed by atoms with Gasteiger partial charge < -0.3 is 30.3 Å². The smallest absolute Gasteiger partial charge is 0.341 e. The summed E-state index contributed by atoms with van der Waals surface area (Å²) in [5.41, 5.74) is 0.850. The second-order valence-corrected chi connectivity index (χ2v) is 8.60. The third-order valence-electron chi connectivity index (χ3n) is 5.92. The number of nitrogens with one attached hydrogen (secondary N) is 2. The molecule has 0 spiro atoms. The number of piperazine rings is 1. The number of aromatic nitrogens is 1. The zero-order valence-corrected chi connectivity index (χ0v) is 19.3. The number of nitrogens with zero attached hydrogens (tertiary/aromatic N) is 2. The number of carboxylic acid groups (broad SMARTS) is 1. The van der Waals surface area contributed by atoms with Gasteiger partial charge in [0.05, 0.1) is 11.2 Å². The van der Waals surface area contributed by atoms with E-state index >= 15 is 0 Å². The zero-order chi connectivity index (χ0) is 25.1. The number of pyridine rings is 1. The number of carbonyl (C=O) groups excluding carboxylic acids is 1. The molecule has 2 aromatic carbocycles. The fourth-order valence-electron chi connectivity index (χ4n) is 4.06. The van der Waals surface area contributed by atoms with Crippen LogP contribution in [0, 0.1) is 5.82 Å². The van der Waals surface area contributed by atoms with Gasteiger partial charge in [0.15, 0.2) is 0 Å². The number of halogens is 1. The summed E-state index contributed by atoms with van der Waals surface area (Å²) in [5, 5.41) is 24.1. The van der Waals surface area contributed by atoms with Gasteiger partial charge in [-0.05, 0) is 49.2 Å². The largest absolute Gasteiger partial charge is 0.508 e. The third kappa shape index (κ3) is 5.60. The Balaban J connectivity index is 0.000000221. The topological polar surface area (TPSA) is 124 Å². The summed E-state index contributed by atoms with van der Waals surface area (Å²) < 4.78 is 16.4. The number of amides is 1. The minimum Gasteiger partial charge on any atom is -0.508 e. The normalized spacial score (nSPS) is 15.3. The van der Waals surface area contributed by atoms with Gasteiger partial charge in [-0.1, -0.05) is 0 Å². The minimum absolute atomic E-state index is 0.115. The number of hydrogen-bond donors (Lipinski definition) is 4. The van der Waals surface area contributed by atoms with Crippen LogP contribution in [0.3, 0.4) is 0 Å². The maximum absolute atomic E-state index is 14.6. The first-order chi connectivity index (χ1) is 16.7. The highest BCUT2D eigenvalue weighted by molar-refractivity contribution is 5.93. The maximum Gasteiger partial charge on any atom is 0.341 e. The van der Waals surface area contributed by atoms with Crippen LogP contribution in [0.25, 0.3) is 10.9 Å². The van der Waals surface area contributed by atoms with Gasteiger partial charge in [0.25, 0.3) is 0 Å². The molecule has 1 amide bonds. The molecular formula is C25H27FN4O5. The molecule has 2 aliphatic rings. The van der Waals surface area contributed by atoms with E-state index in [4.69, 9.17) is 5.11 Å². The molecule has 9 nitrogen and oxygen atoms in total. The maximum atomic E-state index is 14.6. The lowest BCUT2D eigenvalue weighted by Gasteiger charge is -2.30. The monoisotopic (exact) mass is 482 g/mol. The lowest BCUT2D eigenvalue weighted by molar-refractivity contribution is -0.114. The summed E-state index contributed by atoms with van der Waals surface area (Å²) in [6.07, 6.45) is 3.29. The van der Waals surface area contributed by atoms with Crippen LogP contribution in [0.4, 0.5) is 15.8 Å². The molecular weight excluding hydrogens is 455 g/mol. The van der Waals surface area contributed by atoms with Crippen LogP contribution in [0.5, 0.6) is 5.75 Å². The number of hydrogen-bond acceptors (Lipinski definition) is 6. The highest BCUT2D eigenvalue weighted by Gasteiger charge is 2.28. The Morgan fingerprint density at radius 3 is 2.34 bits per heavy atom. The molecule has 4 N–H and O–H groups in total. The molecule has 0 atom stereocenters. The Labute approximate surface area is 200 Å². The number of aromatic carboxylic acids is 1. The number of phenols is 1. The van der Waals surface area contributed by atoms with Crippen molar-refractivity contribution in [1.82, 2.24) is 9.88 Å². The number of phenolic OH excluding ortho intramolecular Hbond substituents is 1. The van der Waals surface area contributed by atoms with Crippen LogP contribution >= 0.6 is 0 Å². The lowest BCUT2D eigenvalue weighted by atomic mass is 10.1. The van der Waals surface area contributed by atoms with Crippen molar-refractivity contribution in [2.45, 2.75) is 25.8 Å². The van der Waals surface area contributed by atoms with E-state index in [1.165, 1.54) is 31.3 Å². The predicted molar refractivity (Wildman–Crippen MR) is 131 cm³/mol. The molecule has 1 aromatic heterocycles. The van der Waals surface area contributed by atoms with E-state index in [1.807, 2.05) is 9.47 Å².